The van der Waals surface area contributed by atoms with E-state index < -0.39 is 6.10 Å². The summed E-state index contributed by atoms with van der Waals surface area (Å²) in [6.45, 7) is 7.19. The standard InChI is InChI=1S/C15H24BrNO3/c1-12(2)10-19-7-6-17-9-14(18)11-20-15-5-3-4-13(16)8-15/h3-5,8,12,14,17-18H,6-7,9-11H2,1-2H3. The van der Waals surface area contributed by atoms with Crippen molar-refractivity contribution in [1.82, 2.24) is 5.32 Å². The lowest BCUT2D eigenvalue weighted by Gasteiger charge is -2.14. The lowest BCUT2D eigenvalue weighted by molar-refractivity contribution is 0.0924. The largest absolute Gasteiger partial charge is 0.491 e. The lowest BCUT2D eigenvalue weighted by Crippen LogP contribution is -2.33. The molecule has 20 heavy (non-hydrogen) atoms. The van der Waals surface area contributed by atoms with E-state index in [9.17, 15) is 5.11 Å². The van der Waals surface area contributed by atoms with Gasteiger partial charge >= 0.3 is 0 Å². The summed E-state index contributed by atoms with van der Waals surface area (Å²) in [5.41, 5.74) is 0. The highest BCUT2D eigenvalue weighted by molar-refractivity contribution is 9.10. The number of benzene rings is 1. The van der Waals surface area contributed by atoms with E-state index in [1.54, 1.807) is 0 Å². The van der Waals surface area contributed by atoms with Crippen molar-refractivity contribution in [2.24, 2.45) is 5.92 Å². The summed E-state index contributed by atoms with van der Waals surface area (Å²) >= 11 is 3.38. The van der Waals surface area contributed by atoms with Crippen molar-refractivity contribution in [2.75, 3.05) is 32.9 Å². The van der Waals surface area contributed by atoms with Crippen LogP contribution in [0.1, 0.15) is 13.8 Å². The molecule has 0 saturated carbocycles. The Morgan fingerprint density at radius 3 is 2.80 bits per heavy atom. The molecule has 0 amide bonds. The lowest BCUT2D eigenvalue weighted by atomic mass is 10.2. The van der Waals surface area contributed by atoms with E-state index in [0.717, 1.165) is 23.4 Å². The molecule has 114 valence electrons. The maximum Gasteiger partial charge on any atom is 0.120 e. The first-order valence-corrected chi connectivity index (χ1v) is 7.72. The Kier molecular flexibility index (Phi) is 8.85. The second-order valence-corrected chi connectivity index (χ2v) is 6.01. The van der Waals surface area contributed by atoms with Crippen LogP contribution in [-0.4, -0.2) is 44.1 Å². The number of hydrogen-bond donors (Lipinski definition) is 2. The zero-order valence-corrected chi connectivity index (χ0v) is 13.7. The van der Waals surface area contributed by atoms with Crippen LogP contribution in [-0.2, 0) is 4.74 Å². The van der Waals surface area contributed by atoms with Crippen LogP contribution in [0.2, 0.25) is 0 Å². The van der Waals surface area contributed by atoms with Gasteiger partial charge in [0.2, 0.25) is 0 Å². The number of nitrogens with one attached hydrogen (secondary N) is 1. The normalized spacial score (nSPS) is 12.7. The molecule has 0 aliphatic heterocycles. The van der Waals surface area contributed by atoms with Gasteiger partial charge in [0.15, 0.2) is 0 Å². The molecule has 0 aliphatic carbocycles. The van der Waals surface area contributed by atoms with Gasteiger partial charge in [0.25, 0.3) is 0 Å². The molecular weight excluding hydrogens is 322 g/mol. The van der Waals surface area contributed by atoms with Crippen LogP contribution < -0.4 is 10.1 Å². The fourth-order valence-electron chi connectivity index (χ4n) is 1.54. The average Bonchev–Trinajstić information content (AvgIpc) is 2.40. The van der Waals surface area contributed by atoms with Gasteiger partial charge in [-0.15, -0.1) is 0 Å². The molecule has 0 bridgehead atoms. The Labute approximate surface area is 129 Å². The Bertz CT molecular complexity index is 374. The van der Waals surface area contributed by atoms with E-state index in [0.29, 0.717) is 19.1 Å². The van der Waals surface area contributed by atoms with Crippen LogP contribution >= 0.6 is 15.9 Å². The predicted molar refractivity (Wildman–Crippen MR) is 84.2 cm³/mol. The van der Waals surface area contributed by atoms with Crippen LogP contribution in [0.15, 0.2) is 28.7 Å². The average molecular weight is 346 g/mol. The minimum atomic E-state index is -0.529. The molecular formula is C15H24BrNO3. The fraction of sp³-hybridized carbons (Fsp3) is 0.600. The zero-order valence-electron chi connectivity index (χ0n) is 12.1. The maximum atomic E-state index is 9.78. The SMILES string of the molecule is CC(C)COCCNCC(O)COc1cccc(Br)c1. The highest BCUT2D eigenvalue weighted by atomic mass is 79.9. The molecule has 1 aromatic rings. The molecule has 0 radical (unpaired) electrons. The highest BCUT2D eigenvalue weighted by Crippen LogP contribution is 2.17. The molecule has 0 heterocycles. The topological polar surface area (TPSA) is 50.7 Å². The molecule has 0 saturated heterocycles. The number of halogens is 1. The summed E-state index contributed by atoms with van der Waals surface area (Å²) in [4.78, 5) is 0. The van der Waals surface area contributed by atoms with E-state index in [4.69, 9.17) is 9.47 Å². The van der Waals surface area contributed by atoms with Gasteiger partial charge in [0.05, 0.1) is 6.61 Å². The van der Waals surface area contributed by atoms with Gasteiger partial charge in [0, 0.05) is 24.2 Å². The van der Waals surface area contributed by atoms with Gasteiger partial charge in [-0.2, -0.15) is 0 Å². The molecule has 0 spiro atoms. The summed E-state index contributed by atoms with van der Waals surface area (Å²) in [6.07, 6.45) is -0.529. The second-order valence-electron chi connectivity index (χ2n) is 5.10. The molecule has 2 N–H and O–H groups in total. The first-order valence-electron chi connectivity index (χ1n) is 6.93. The second kappa shape index (κ2) is 10.2. The Morgan fingerprint density at radius 1 is 1.30 bits per heavy atom. The Hall–Kier alpha value is -0.620. The maximum absolute atomic E-state index is 9.78. The third kappa shape index (κ3) is 8.53. The summed E-state index contributed by atoms with van der Waals surface area (Å²) in [5, 5.41) is 12.9. The van der Waals surface area contributed by atoms with Crippen LogP contribution in [0.5, 0.6) is 5.75 Å². The third-order valence-corrected chi connectivity index (χ3v) is 2.99. The molecule has 0 aliphatic rings. The van der Waals surface area contributed by atoms with Crippen molar-refractivity contribution in [3.8, 4) is 5.75 Å². The van der Waals surface area contributed by atoms with Gasteiger partial charge in [-0.25, -0.2) is 0 Å². The molecule has 4 nitrogen and oxygen atoms in total. The zero-order chi connectivity index (χ0) is 14.8. The number of ether oxygens (including phenoxy) is 2. The summed E-state index contributed by atoms with van der Waals surface area (Å²) in [5.74, 6) is 1.30. The van der Waals surface area contributed by atoms with E-state index in [2.05, 4.69) is 35.1 Å². The number of hydrogen-bond acceptors (Lipinski definition) is 4. The fourth-order valence-corrected chi connectivity index (χ4v) is 1.92. The Morgan fingerprint density at radius 2 is 2.10 bits per heavy atom. The highest BCUT2D eigenvalue weighted by Gasteiger charge is 2.05. The van der Waals surface area contributed by atoms with Gasteiger partial charge in [-0.05, 0) is 24.1 Å². The number of aliphatic hydroxyl groups excluding tert-OH is 1. The monoisotopic (exact) mass is 345 g/mol. The first-order chi connectivity index (χ1) is 9.58. The Balaban J connectivity index is 2.04. The summed E-state index contributed by atoms with van der Waals surface area (Å²) < 4.78 is 11.9. The van der Waals surface area contributed by atoms with Crippen LogP contribution in [0.3, 0.4) is 0 Å². The van der Waals surface area contributed by atoms with Crippen molar-refractivity contribution in [2.45, 2.75) is 20.0 Å². The number of rotatable bonds is 10. The van der Waals surface area contributed by atoms with Crippen molar-refractivity contribution in [3.05, 3.63) is 28.7 Å². The predicted octanol–water partition coefficient (Wildman–Crippen LogP) is 2.45. The van der Waals surface area contributed by atoms with Crippen molar-refractivity contribution in [3.63, 3.8) is 0 Å². The molecule has 1 aromatic carbocycles. The third-order valence-electron chi connectivity index (χ3n) is 2.49. The molecule has 0 aromatic heterocycles. The molecule has 0 fully saturated rings. The smallest absolute Gasteiger partial charge is 0.120 e. The molecule has 1 rings (SSSR count). The van der Waals surface area contributed by atoms with E-state index in [1.165, 1.54) is 0 Å². The molecule has 5 heteroatoms. The van der Waals surface area contributed by atoms with Crippen molar-refractivity contribution < 1.29 is 14.6 Å². The van der Waals surface area contributed by atoms with E-state index in [-0.39, 0.29) is 6.61 Å². The van der Waals surface area contributed by atoms with E-state index in [1.807, 2.05) is 24.3 Å². The minimum absolute atomic E-state index is 0.274. The molecule has 1 atom stereocenters. The van der Waals surface area contributed by atoms with Crippen molar-refractivity contribution >= 4 is 15.9 Å². The first kappa shape index (κ1) is 17.4. The quantitative estimate of drug-likeness (QED) is 0.639. The van der Waals surface area contributed by atoms with Crippen LogP contribution in [0, 0.1) is 5.92 Å². The van der Waals surface area contributed by atoms with E-state index >= 15 is 0 Å². The van der Waals surface area contributed by atoms with Gasteiger partial charge in [-0.3, -0.25) is 0 Å². The van der Waals surface area contributed by atoms with Gasteiger partial charge in [0.1, 0.15) is 18.5 Å². The summed E-state index contributed by atoms with van der Waals surface area (Å²) in [6, 6.07) is 7.57. The minimum Gasteiger partial charge on any atom is -0.491 e. The molecule has 1 unspecified atom stereocenters. The van der Waals surface area contributed by atoms with Crippen LogP contribution in [0.25, 0.3) is 0 Å². The van der Waals surface area contributed by atoms with Crippen molar-refractivity contribution in [1.29, 1.82) is 0 Å². The summed E-state index contributed by atoms with van der Waals surface area (Å²) in [7, 11) is 0. The number of aliphatic hydroxyl groups is 1. The van der Waals surface area contributed by atoms with Gasteiger partial charge in [-0.1, -0.05) is 35.8 Å². The van der Waals surface area contributed by atoms with Gasteiger partial charge < -0.3 is 19.9 Å². The van der Waals surface area contributed by atoms with Crippen LogP contribution in [0.4, 0.5) is 0 Å².